The van der Waals surface area contributed by atoms with Crippen LogP contribution in [0.5, 0.6) is 0 Å². The molecule has 3 aromatic heterocycles. The third-order valence-corrected chi connectivity index (χ3v) is 8.34. The predicted molar refractivity (Wildman–Crippen MR) is 137 cm³/mol. The topological polar surface area (TPSA) is 84.4 Å². The van der Waals surface area contributed by atoms with E-state index in [0.29, 0.717) is 16.6 Å². The van der Waals surface area contributed by atoms with Crippen molar-refractivity contribution in [2.24, 2.45) is 5.92 Å². The summed E-state index contributed by atoms with van der Waals surface area (Å²) in [5, 5.41) is 3.86. The van der Waals surface area contributed by atoms with E-state index in [1.807, 2.05) is 30.6 Å². The first-order chi connectivity index (χ1) is 17.1. The highest BCUT2D eigenvalue weighted by Gasteiger charge is 2.28. The van der Waals surface area contributed by atoms with Crippen LogP contribution in [0.15, 0.2) is 36.7 Å². The molecule has 1 saturated heterocycles. The molecule has 1 N–H and O–H groups in total. The van der Waals surface area contributed by atoms with E-state index in [2.05, 4.69) is 21.3 Å². The summed E-state index contributed by atoms with van der Waals surface area (Å²) in [5.74, 6) is -0.452. The third kappa shape index (κ3) is 5.23. The van der Waals surface area contributed by atoms with Gasteiger partial charge in [0, 0.05) is 36.3 Å². The number of rotatable bonds is 6. The molecule has 2 fully saturated rings. The van der Waals surface area contributed by atoms with E-state index in [1.165, 1.54) is 43.3 Å². The van der Waals surface area contributed by atoms with Crippen LogP contribution >= 0.6 is 11.3 Å². The number of anilines is 1. The molecule has 1 unspecified atom stereocenters. The zero-order chi connectivity index (χ0) is 24.2. The number of carbonyl (C=O) groups excluding carboxylic acids is 2. The Morgan fingerprint density at radius 2 is 1.94 bits per heavy atom. The maximum absolute atomic E-state index is 13.0. The molecular weight excluding hydrogens is 460 g/mol. The van der Waals surface area contributed by atoms with Gasteiger partial charge in [-0.15, -0.1) is 11.3 Å². The lowest BCUT2D eigenvalue weighted by Gasteiger charge is -2.35. The fraction of sp³-hybridized carbons (Fsp3) is 0.481. The monoisotopic (exact) mass is 492 g/mol. The van der Waals surface area contributed by atoms with Gasteiger partial charge in [0.05, 0.1) is 18.5 Å². The normalized spacial score (nSPS) is 19.5. The molecule has 1 atom stereocenters. The van der Waals surface area contributed by atoms with Gasteiger partial charge in [0.2, 0.25) is 5.91 Å². The van der Waals surface area contributed by atoms with Crippen LogP contribution in [0.1, 0.15) is 78.3 Å². The van der Waals surface area contributed by atoms with Gasteiger partial charge >= 0.3 is 5.97 Å². The van der Waals surface area contributed by atoms with Gasteiger partial charge in [0.15, 0.2) is 0 Å². The molecule has 1 aliphatic heterocycles. The minimum absolute atomic E-state index is 0.0000550. The standard InChI is InChI=1S/C27H32N4O3S/c1-34-27(33)24-23(30-25(32)18-8-3-2-4-9-18)21-13-12-20(29-26(21)35-24)17-31-15-6-5-11-22(31)19-10-7-14-28-16-19/h7,10,12-14,16,18,22H,2-6,8-9,11,15,17H2,1H3,(H,30,32). The molecule has 0 aromatic carbocycles. The van der Waals surface area contributed by atoms with E-state index in [4.69, 9.17) is 9.72 Å². The maximum Gasteiger partial charge on any atom is 0.350 e. The summed E-state index contributed by atoms with van der Waals surface area (Å²) in [6.45, 7) is 1.74. The molecule has 2 aliphatic rings. The number of hydrogen-bond donors (Lipinski definition) is 1. The summed E-state index contributed by atoms with van der Waals surface area (Å²) in [5.41, 5.74) is 2.74. The number of ether oxygens (including phenoxy) is 1. The average molecular weight is 493 g/mol. The lowest BCUT2D eigenvalue weighted by atomic mass is 9.88. The van der Waals surface area contributed by atoms with Crippen molar-refractivity contribution in [3.8, 4) is 0 Å². The van der Waals surface area contributed by atoms with E-state index < -0.39 is 5.97 Å². The Labute approximate surface area is 209 Å². The number of carbonyl (C=O) groups is 2. The van der Waals surface area contributed by atoms with E-state index >= 15 is 0 Å². The first-order valence-corrected chi connectivity index (χ1v) is 13.4. The quantitative estimate of drug-likeness (QED) is 0.443. The largest absolute Gasteiger partial charge is 0.465 e. The van der Waals surface area contributed by atoms with Gasteiger partial charge in [-0.1, -0.05) is 31.7 Å². The second-order valence-electron chi connectivity index (χ2n) is 9.55. The predicted octanol–water partition coefficient (Wildman–Crippen LogP) is 5.72. The number of hydrogen-bond acceptors (Lipinski definition) is 7. The highest BCUT2D eigenvalue weighted by atomic mass is 32.1. The number of nitrogens with zero attached hydrogens (tertiary/aromatic N) is 3. The maximum atomic E-state index is 13.0. The van der Waals surface area contributed by atoms with E-state index in [-0.39, 0.29) is 11.8 Å². The Morgan fingerprint density at radius 3 is 2.71 bits per heavy atom. The minimum Gasteiger partial charge on any atom is -0.465 e. The van der Waals surface area contributed by atoms with Crippen molar-refractivity contribution in [2.75, 3.05) is 19.0 Å². The van der Waals surface area contributed by atoms with Crippen LogP contribution in [0.4, 0.5) is 5.69 Å². The summed E-state index contributed by atoms with van der Waals surface area (Å²) >= 11 is 1.29. The molecule has 3 aromatic rings. The van der Waals surface area contributed by atoms with Gasteiger partial charge in [-0.3, -0.25) is 14.7 Å². The summed E-state index contributed by atoms with van der Waals surface area (Å²) in [6.07, 6.45) is 12.4. The summed E-state index contributed by atoms with van der Waals surface area (Å²) in [6, 6.07) is 8.47. The van der Waals surface area contributed by atoms with Crippen molar-refractivity contribution >= 4 is 39.1 Å². The van der Waals surface area contributed by atoms with Crippen LogP contribution in [-0.4, -0.2) is 40.4 Å². The van der Waals surface area contributed by atoms with E-state index in [0.717, 1.165) is 61.1 Å². The van der Waals surface area contributed by atoms with Crippen LogP contribution in [0, 0.1) is 5.92 Å². The van der Waals surface area contributed by atoms with Gasteiger partial charge in [-0.2, -0.15) is 0 Å². The molecule has 0 radical (unpaired) electrons. The first kappa shape index (κ1) is 23.9. The Bertz CT molecular complexity index is 1190. The first-order valence-electron chi connectivity index (χ1n) is 12.6. The molecule has 35 heavy (non-hydrogen) atoms. The van der Waals surface area contributed by atoms with Crippen LogP contribution < -0.4 is 5.32 Å². The van der Waals surface area contributed by atoms with Gasteiger partial charge in [0.25, 0.3) is 0 Å². The van der Waals surface area contributed by atoms with E-state index in [9.17, 15) is 9.59 Å². The van der Waals surface area contributed by atoms with E-state index in [1.54, 1.807) is 0 Å². The van der Waals surface area contributed by atoms with Crippen molar-refractivity contribution in [3.05, 3.63) is 52.8 Å². The summed E-state index contributed by atoms with van der Waals surface area (Å²) < 4.78 is 5.03. The fourth-order valence-corrected chi connectivity index (χ4v) is 6.46. The molecule has 0 spiro atoms. The van der Waals surface area contributed by atoms with Gasteiger partial charge in [-0.05, 0) is 56.0 Å². The number of thiophene rings is 1. The Balaban J connectivity index is 1.41. The number of methoxy groups -OCH3 is 1. The number of piperidine rings is 1. The Kier molecular flexibility index (Phi) is 7.39. The number of nitrogens with one attached hydrogen (secondary N) is 1. The molecule has 0 bridgehead atoms. The highest BCUT2D eigenvalue weighted by molar-refractivity contribution is 7.21. The number of aromatic nitrogens is 2. The molecule has 184 valence electrons. The van der Waals surface area contributed by atoms with Crippen molar-refractivity contribution < 1.29 is 14.3 Å². The third-order valence-electron chi connectivity index (χ3n) is 7.26. The lowest BCUT2D eigenvalue weighted by Crippen LogP contribution is -2.33. The molecule has 8 heteroatoms. The number of likely N-dealkylation sites (tertiary alicyclic amines) is 1. The second kappa shape index (κ2) is 10.8. The Morgan fingerprint density at radius 1 is 1.11 bits per heavy atom. The lowest BCUT2D eigenvalue weighted by molar-refractivity contribution is -0.120. The van der Waals surface area contributed by atoms with Gasteiger partial charge in [-0.25, -0.2) is 9.78 Å². The van der Waals surface area contributed by atoms with Gasteiger partial charge in [0.1, 0.15) is 9.71 Å². The van der Waals surface area contributed by atoms with Crippen LogP contribution in [-0.2, 0) is 16.1 Å². The fourth-order valence-electron chi connectivity index (χ4n) is 5.39. The zero-order valence-corrected chi connectivity index (χ0v) is 21.0. The molecule has 1 amide bonds. The molecule has 7 nitrogen and oxygen atoms in total. The molecular formula is C27H32N4O3S. The van der Waals surface area contributed by atoms with Crippen LogP contribution in [0.25, 0.3) is 10.2 Å². The SMILES string of the molecule is COC(=O)c1sc2nc(CN3CCCCC3c3cccnc3)ccc2c1NC(=O)C1CCCCC1. The number of fused-ring (bicyclic) bond motifs is 1. The molecule has 1 saturated carbocycles. The zero-order valence-electron chi connectivity index (χ0n) is 20.2. The molecule has 5 rings (SSSR count). The minimum atomic E-state index is -0.443. The average Bonchev–Trinajstić information content (AvgIpc) is 3.27. The summed E-state index contributed by atoms with van der Waals surface area (Å²) in [7, 11) is 1.37. The van der Waals surface area contributed by atoms with Crippen molar-refractivity contribution in [3.63, 3.8) is 0 Å². The smallest absolute Gasteiger partial charge is 0.350 e. The van der Waals surface area contributed by atoms with Crippen LogP contribution in [0.2, 0.25) is 0 Å². The highest BCUT2D eigenvalue weighted by Crippen LogP contribution is 2.37. The van der Waals surface area contributed by atoms with Crippen molar-refractivity contribution in [1.82, 2.24) is 14.9 Å². The number of esters is 1. The van der Waals surface area contributed by atoms with Crippen LogP contribution in [0.3, 0.4) is 0 Å². The van der Waals surface area contributed by atoms with Crippen molar-refractivity contribution in [2.45, 2.75) is 64.0 Å². The van der Waals surface area contributed by atoms with Crippen molar-refractivity contribution in [1.29, 1.82) is 0 Å². The molecule has 4 heterocycles. The number of amides is 1. The molecule has 1 aliphatic carbocycles. The Hall–Kier alpha value is -2.84. The van der Waals surface area contributed by atoms with Gasteiger partial charge < -0.3 is 10.1 Å². The summed E-state index contributed by atoms with van der Waals surface area (Å²) in [4.78, 5) is 38.4. The second-order valence-corrected chi connectivity index (χ2v) is 10.5. The number of pyridine rings is 2.